The summed E-state index contributed by atoms with van der Waals surface area (Å²) in [6.45, 7) is 10.3. The molecule has 1 N–H and O–H groups in total. The lowest BCUT2D eigenvalue weighted by molar-refractivity contribution is -0.0353. The fraction of sp³-hybridized carbons (Fsp3) is 0.552. The quantitative estimate of drug-likeness (QED) is 0.550. The maximum Gasteiger partial charge on any atom is 0.407 e. The van der Waals surface area contributed by atoms with E-state index >= 15 is 0 Å². The summed E-state index contributed by atoms with van der Waals surface area (Å²) >= 11 is 0. The Hall–Kier alpha value is -2.53. The van der Waals surface area contributed by atoms with E-state index in [9.17, 15) is 4.79 Å². The maximum atomic E-state index is 13.1. The molecule has 2 aromatic carbocycles. The zero-order valence-corrected chi connectivity index (χ0v) is 20.8. The number of benzene rings is 2. The molecule has 2 aromatic rings. The number of rotatable bonds is 7. The number of ether oxygens (including phenoxy) is 2. The van der Waals surface area contributed by atoms with Crippen LogP contribution in [0.1, 0.15) is 63.6 Å². The first-order chi connectivity index (χ1) is 16.5. The highest BCUT2D eigenvalue weighted by Crippen LogP contribution is 2.51. The summed E-state index contributed by atoms with van der Waals surface area (Å²) in [5.74, 6) is 1.41. The van der Waals surface area contributed by atoms with Gasteiger partial charge in [0.1, 0.15) is 11.9 Å². The molecule has 182 valence electrons. The fourth-order valence-corrected chi connectivity index (χ4v) is 6.44. The number of hydrogen-bond acceptors (Lipinski definition) is 4. The molecule has 0 radical (unpaired) electrons. The van der Waals surface area contributed by atoms with Crippen molar-refractivity contribution in [3.05, 3.63) is 53.6 Å². The second kappa shape index (κ2) is 9.61. The molecule has 1 aliphatic carbocycles. The third-order valence-electron chi connectivity index (χ3n) is 8.61. The van der Waals surface area contributed by atoms with E-state index in [0.717, 1.165) is 63.1 Å². The third-order valence-corrected chi connectivity index (χ3v) is 8.61. The standard InChI is InChI=1S/C29H38N2O3/c1-4-29(5-2)18-23-16-22(21-8-7-9-24(17-21)33-6-3)10-11-25(23)27(29)30-28(32)34-26-19-31-14-12-20(26)13-15-31/h7-11,16-17,20,26-27H,4-6,12-15,18-19H2,1-3H3,(H,30,32)/t26-,27?/m0/s1. The number of carbonyl (C=O) groups is 1. The zero-order chi connectivity index (χ0) is 23.7. The number of alkyl carbamates (subject to hydrolysis) is 1. The van der Waals surface area contributed by atoms with Gasteiger partial charge in [-0.05, 0) is 97.8 Å². The minimum Gasteiger partial charge on any atom is -0.494 e. The normalized spacial score (nSPS) is 26.7. The molecule has 3 saturated heterocycles. The van der Waals surface area contributed by atoms with Gasteiger partial charge in [-0.1, -0.05) is 44.2 Å². The van der Waals surface area contributed by atoms with Crippen LogP contribution in [0.25, 0.3) is 11.1 Å². The van der Waals surface area contributed by atoms with Gasteiger partial charge in [0.15, 0.2) is 0 Å². The fourth-order valence-electron chi connectivity index (χ4n) is 6.44. The molecular formula is C29H38N2O3. The lowest BCUT2D eigenvalue weighted by Crippen LogP contribution is -2.53. The molecule has 3 heterocycles. The third kappa shape index (κ3) is 4.31. The lowest BCUT2D eigenvalue weighted by atomic mass is 9.76. The SMILES string of the molecule is CCOc1cccc(-c2ccc3c(c2)CC(CC)(CC)C3NC(=O)O[C@H]2CN3CCC2CC3)c1. The van der Waals surface area contributed by atoms with Crippen molar-refractivity contribution in [2.45, 2.75) is 65.0 Å². The molecule has 34 heavy (non-hydrogen) atoms. The van der Waals surface area contributed by atoms with Crippen LogP contribution in [0, 0.1) is 11.3 Å². The van der Waals surface area contributed by atoms with Crippen molar-refractivity contribution < 1.29 is 14.3 Å². The molecule has 5 heteroatoms. The number of piperidine rings is 3. The number of fused-ring (bicyclic) bond motifs is 4. The molecule has 0 aromatic heterocycles. The largest absolute Gasteiger partial charge is 0.494 e. The molecule has 5 nitrogen and oxygen atoms in total. The van der Waals surface area contributed by atoms with Gasteiger partial charge < -0.3 is 14.8 Å². The molecule has 2 atom stereocenters. The van der Waals surface area contributed by atoms with Crippen molar-refractivity contribution in [3.8, 4) is 16.9 Å². The Morgan fingerprint density at radius 3 is 2.50 bits per heavy atom. The first kappa shape index (κ1) is 23.2. The van der Waals surface area contributed by atoms with E-state index in [-0.39, 0.29) is 23.7 Å². The van der Waals surface area contributed by atoms with Crippen molar-refractivity contribution in [3.63, 3.8) is 0 Å². The molecule has 0 saturated carbocycles. The van der Waals surface area contributed by atoms with Gasteiger partial charge in [0.05, 0.1) is 12.6 Å². The van der Waals surface area contributed by atoms with E-state index in [0.29, 0.717) is 12.5 Å². The molecule has 1 unspecified atom stereocenters. The molecule has 3 aliphatic heterocycles. The van der Waals surface area contributed by atoms with Crippen LogP contribution in [0.3, 0.4) is 0 Å². The summed E-state index contributed by atoms with van der Waals surface area (Å²) in [5, 5.41) is 3.32. The van der Waals surface area contributed by atoms with Crippen LogP contribution in [-0.2, 0) is 11.2 Å². The Labute approximate surface area is 203 Å². The van der Waals surface area contributed by atoms with Crippen LogP contribution in [0.4, 0.5) is 4.79 Å². The lowest BCUT2D eigenvalue weighted by Gasteiger charge is -2.44. The number of carbonyl (C=O) groups excluding carboxylic acids is 1. The van der Waals surface area contributed by atoms with E-state index in [1.165, 1.54) is 16.7 Å². The average Bonchev–Trinajstić information content (AvgIpc) is 3.18. The summed E-state index contributed by atoms with van der Waals surface area (Å²) in [4.78, 5) is 15.5. The van der Waals surface area contributed by atoms with Crippen molar-refractivity contribution in [1.82, 2.24) is 10.2 Å². The van der Waals surface area contributed by atoms with Crippen molar-refractivity contribution in [1.29, 1.82) is 0 Å². The van der Waals surface area contributed by atoms with Crippen LogP contribution >= 0.6 is 0 Å². The summed E-state index contributed by atoms with van der Waals surface area (Å²) in [5.41, 5.74) is 4.93. The smallest absolute Gasteiger partial charge is 0.407 e. The number of nitrogens with one attached hydrogen (secondary N) is 1. The van der Waals surface area contributed by atoms with E-state index in [1.54, 1.807) is 0 Å². The van der Waals surface area contributed by atoms with E-state index in [2.05, 4.69) is 54.4 Å². The van der Waals surface area contributed by atoms with E-state index < -0.39 is 0 Å². The molecule has 3 fully saturated rings. The van der Waals surface area contributed by atoms with Gasteiger partial charge in [-0.2, -0.15) is 0 Å². The number of hydrogen-bond donors (Lipinski definition) is 1. The Bertz CT molecular complexity index is 1020. The van der Waals surface area contributed by atoms with Crippen LogP contribution < -0.4 is 10.1 Å². The van der Waals surface area contributed by atoms with Gasteiger partial charge in [-0.25, -0.2) is 4.79 Å². The summed E-state index contributed by atoms with van der Waals surface area (Å²) in [6.07, 6.45) is 5.06. The van der Waals surface area contributed by atoms with Gasteiger partial charge in [-0.15, -0.1) is 0 Å². The first-order valence-corrected chi connectivity index (χ1v) is 13.1. The van der Waals surface area contributed by atoms with Crippen LogP contribution in [0.2, 0.25) is 0 Å². The predicted molar refractivity (Wildman–Crippen MR) is 135 cm³/mol. The maximum absolute atomic E-state index is 13.1. The number of amides is 1. The van der Waals surface area contributed by atoms with Gasteiger partial charge in [0, 0.05) is 6.54 Å². The van der Waals surface area contributed by atoms with E-state index in [4.69, 9.17) is 9.47 Å². The monoisotopic (exact) mass is 462 g/mol. The summed E-state index contributed by atoms with van der Waals surface area (Å²) in [7, 11) is 0. The zero-order valence-electron chi connectivity index (χ0n) is 20.8. The summed E-state index contributed by atoms with van der Waals surface area (Å²) in [6, 6.07) is 15.0. The highest BCUT2D eigenvalue weighted by Gasteiger charge is 2.45. The van der Waals surface area contributed by atoms with Crippen LogP contribution in [0.5, 0.6) is 5.75 Å². The van der Waals surface area contributed by atoms with Crippen molar-refractivity contribution in [2.24, 2.45) is 11.3 Å². The first-order valence-electron chi connectivity index (χ1n) is 13.1. The second-order valence-electron chi connectivity index (χ2n) is 10.3. The number of nitrogens with zero attached hydrogens (tertiary/aromatic N) is 1. The van der Waals surface area contributed by atoms with Crippen LogP contribution in [-0.4, -0.2) is 43.3 Å². The Kier molecular flexibility index (Phi) is 6.57. The van der Waals surface area contributed by atoms with Crippen LogP contribution in [0.15, 0.2) is 42.5 Å². The van der Waals surface area contributed by atoms with Gasteiger partial charge in [0.25, 0.3) is 0 Å². The average molecular weight is 463 g/mol. The molecule has 6 rings (SSSR count). The molecular weight excluding hydrogens is 424 g/mol. The highest BCUT2D eigenvalue weighted by molar-refractivity contribution is 5.70. The highest BCUT2D eigenvalue weighted by atomic mass is 16.6. The minimum absolute atomic E-state index is 0.0161. The molecule has 4 aliphatic rings. The molecule has 1 amide bonds. The van der Waals surface area contributed by atoms with Crippen molar-refractivity contribution in [2.75, 3.05) is 26.2 Å². The summed E-state index contributed by atoms with van der Waals surface area (Å²) < 4.78 is 11.7. The second-order valence-corrected chi connectivity index (χ2v) is 10.3. The van der Waals surface area contributed by atoms with Gasteiger partial charge in [0.2, 0.25) is 0 Å². The van der Waals surface area contributed by atoms with Gasteiger partial charge in [-0.3, -0.25) is 4.90 Å². The topological polar surface area (TPSA) is 50.8 Å². The molecule has 2 bridgehead atoms. The minimum atomic E-state index is -0.253. The Morgan fingerprint density at radius 1 is 1.06 bits per heavy atom. The van der Waals surface area contributed by atoms with Gasteiger partial charge >= 0.3 is 6.09 Å². The van der Waals surface area contributed by atoms with Crippen molar-refractivity contribution >= 4 is 6.09 Å². The van der Waals surface area contributed by atoms with E-state index in [1.807, 2.05) is 19.1 Å². The predicted octanol–water partition coefficient (Wildman–Crippen LogP) is 5.98. The Balaban J connectivity index is 1.37. The molecule has 0 spiro atoms. The Morgan fingerprint density at radius 2 is 1.82 bits per heavy atom.